The Bertz CT molecular complexity index is 392. The smallest absolute Gasteiger partial charge is 0.159 e. The number of halogens is 2. The van der Waals surface area contributed by atoms with E-state index >= 15 is 0 Å². The van der Waals surface area contributed by atoms with Gasteiger partial charge in [-0.15, -0.1) is 0 Å². The fraction of sp³-hybridized carbons (Fsp3) is 0.538. The largest absolute Gasteiger partial charge is 0.317 e. The first kappa shape index (κ1) is 11.5. The summed E-state index contributed by atoms with van der Waals surface area (Å²) in [7, 11) is 1.95. The molecule has 0 amide bonds. The Morgan fingerprint density at radius 3 is 2.62 bits per heavy atom. The van der Waals surface area contributed by atoms with Crippen molar-refractivity contribution in [2.45, 2.75) is 37.6 Å². The molecule has 1 N–H and O–H groups in total. The third-order valence-corrected chi connectivity index (χ3v) is 3.77. The molecule has 1 saturated carbocycles. The van der Waals surface area contributed by atoms with Gasteiger partial charge in [-0.25, -0.2) is 8.78 Å². The van der Waals surface area contributed by atoms with Gasteiger partial charge in [-0.2, -0.15) is 0 Å². The third-order valence-electron chi connectivity index (χ3n) is 3.77. The van der Waals surface area contributed by atoms with Gasteiger partial charge in [0.25, 0.3) is 0 Å². The van der Waals surface area contributed by atoms with Crippen molar-refractivity contribution in [3.05, 3.63) is 35.4 Å². The van der Waals surface area contributed by atoms with Gasteiger partial charge in [0.1, 0.15) is 0 Å². The van der Waals surface area contributed by atoms with Crippen molar-refractivity contribution >= 4 is 0 Å². The topological polar surface area (TPSA) is 12.0 Å². The van der Waals surface area contributed by atoms with E-state index in [0.29, 0.717) is 6.04 Å². The molecular formula is C13H17F2N. The maximum atomic E-state index is 13.2. The summed E-state index contributed by atoms with van der Waals surface area (Å²) >= 11 is 0. The molecule has 1 nitrogen and oxygen atoms in total. The predicted molar refractivity (Wildman–Crippen MR) is 60.4 cm³/mol. The van der Waals surface area contributed by atoms with E-state index in [1.54, 1.807) is 6.07 Å². The Morgan fingerprint density at radius 2 is 2.06 bits per heavy atom. The highest BCUT2D eigenvalue weighted by Crippen LogP contribution is 2.40. The molecule has 2 rings (SSSR count). The van der Waals surface area contributed by atoms with E-state index in [-0.39, 0.29) is 5.41 Å². The summed E-state index contributed by atoms with van der Waals surface area (Å²) in [5.41, 5.74) is 0.881. The molecule has 16 heavy (non-hydrogen) atoms. The Kier molecular flexibility index (Phi) is 2.98. The number of hydrogen-bond acceptors (Lipinski definition) is 1. The summed E-state index contributed by atoms with van der Waals surface area (Å²) in [4.78, 5) is 0. The van der Waals surface area contributed by atoms with Gasteiger partial charge in [0.15, 0.2) is 11.6 Å². The zero-order chi connectivity index (χ0) is 11.8. The molecule has 0 aromatic heterocycles. The fourth-order valence-electron chi connectivity index (χ4n) is 2.62. The summed E-state index contributed by atoms with van der Waals surface area (Å²) in [5, 5.41) is 3.25. The molecular weight excluding hydrogens is 208 g/mol. The normalized spacial score (nSPS) is 29.6. The van der Waals surface area contributed by atoms with Crippen molar-refractivity contribution in [1.82, 2.24) is 5.32 Å². The molecule has 1 aliphatic carbocycles. The van der Waals surface area contributed by atoms with Gasteiger partial charge in [0.2, 0.25) is 0 Å². The van der Waals surface area contributed by atoms with Gasteiger partial charge in [0, 0.05) is 6.04 Å². The van der Waals surface area contributed by atoms with E-state index in [0.717, 1.165) is 24.8 Å². The van der Waals surface area contributed by atoms with E-state index in [2.05, 4.69) is 12.2 Å². The second-order valence-corrected chi connectivity index (χ2v) is 4.92. The van der Waals surface area contributed by atoms with E-state index in [9.17, 15) is 8.78 Å². The van der Waals surface area contributed by atoms with Gasteiger partial charge in [0.05, 0.1) is 0 Å². The lowest BCUT2D eigenvalue weighted by Gasteiger charge is -2.25. The standard InChI is InChI=1S/C13H17F2N/c1-13(6-5-10(8-13)16-2)9-3-4-11(14)12(15)7-9/h3-4,7,10,16H,5-6,8H2,1-2H3. The quantitative estimate of drug-likeness (QED) is 0.816. The Morgan fingerprint density at radius 1 is 1.31 bits per heavy atom. The van der Waals surface area contributed by atoms with Gasteiger partial charge >= 0.3 is 0 Å². The van der Waals surface area contributed by atoms with Crippen molar-refractivity contribution < 1.29 is 8.78 Å². The SMILES string of the molecule is CNC1CCC(C)(c2ccc(F)c(F)c2)C1. The molecule has 1 aromatic carbocycles. The van der Waals surface area contributed by atoms with Crippen LogP contribution in [-0.2, 0) is 5.41 Å². The van der Waals surface area contributed by atoms with Crippen LogP contribution in [0.2, 0.25) is 0 Å². The van der Waals surface area contributed by atoms with Crippen LogP contribution < -0.4 is 5.32 Å². The molecule has 0 bridgehead atoms. The van der Waals surface area contributed by atoms with Crippen LogP contribution in [0.1, 0.15) is 31.7 Å². The molecule has 1 fully saturated rings. The molecule has 1 aliphatic rings. The van der Waals surface area contributed by atoms with Crippen molar-refractivity contribution in [3.63, 3.8) is 0 Å². The predicted octanol–water partition coefficient (Wildman–Crippen LogP) is 2.99. The molecule has 0 aliphatic heterocycles. The first-order valence-corrected chi connectivity index (χ1v) is 5.68. The van der Waals surface area contributed by atoms with Crippen molar-refractivity contribution in [2.24, 2.45) is 0 Å². The highest BCUT2D eigenvalue weighted by Gasteiger charge is 2.36. The Labute approximate surface area is 94.9 Å². The summed E-state index contributed by atoms with van der Waals surface area (Å²) in [6, 6.07) is 4.75. The van der Waals surface area contributed by atoms with E-state index < -0.39 is 11.6 Å². The first-order chi connectivity index (χ1) is 7.55. The lowest BCUT2D eigenvalue weighted by molar-refractivity contribution is 0.455. The van der Waals surface area contributed by atoms with Crippen molar-refractivity contribution in [3.8, 4) is 0 Å². The Balaban J connectivity index is 2.27. The number of benzene rings is 1. The Hall–Kier alpha value is -0.960. The minimum absolute atomic E-state index is 0.0256. The van der Waals surface area contributed by atoms with Gasteiger partial charge < -0.3 is 5.32 Å². The van der Waals surface area contributed by atoms with Gasteiger partial charge in [-0.05, 0) is 49.4 Å². The zero-order valence-corrected chi connectivity index (χ0v) is 9.69. The molecule has 0 saturated heterocycles. The summed E-state index contributed by atoms with van der Waals surface area (Å²) in [5.74, 6) is -1.51. The molecule has 1 aromatic rings. The number of hydrogen-bond donors (Lipinski definition) is 1. The highest BCUT2D eigenvalue weighted by atomic mass is 19.2. The van der Waals surface area contributed by atoms with Crippen molar-refractivity contribution in [2.75, 3.05) is 7.05 Å². The summed E-state index contributed by atoms with van der Waals surface area (Å²) in [6.45, 7) is 2.12. The molecule has 3 heteroatoms. The maximum Gasteiger partial charge on any atom is 0.159 e. The molecule has 2 unspecified atom stereocenters. The fourth-order valence-corrected chi connectivity index (χ4v) is 2.62. The second kappa shape index (κ2) is 4.13. The number of rotatable bonds is 2. The first-order valence-electron chi connectivity index (χ1n) is 5.68. The average molecular weight is 225 g/mol. The molecule has 0 radical (unpaired) electrons. The minimum atomic E-state index is -0.768. The third kappa shape index (κ3) is 1.96. The second-order valence-electron chi connectivity index (χ2n) is 4.92. The van der Waals surface area contributed by atoms with Crippen LogP contribution in [-0.4, -0.2) is 13.1 Å². The summed E-state index contributed by atoms with van der Waals surface area (Å²) < 4.78 is 26.1. The van der Waals surface area contributed by atoms with E-state index in [4.69, 9.17) is 0 Å². The lowest BCUT2D eigenvalue weighted by Crippen LogP contribution is -2.25. The molecule has 88 valence electrons. The van der Waals surface area contributed by atoms with Crippen LogP contribution >= 0.6 is 0 Å². The van der Waals surface area contributed by atoms with Crippen LogP contribution in [0.5, 0.6) is 0 Å². The van der Waals surface area contributed by atoms with Crippen LogP contribution in [0, 0.1) is 11.6 Å². The molecule has 0 spiro atoms. The van der Waals surface area contributed by atoms with Crippen molar-refractivity contribution in [1.29, 1.82) is 0 Å². The van der Waals surface area contributed by atoms with Crippen LogP contribution in [0.4, 0.5) is 8.78 Å². The lowest BCUT2D eigenvalue weighted by atomic mass is 9.81. The molecule has 0 heterocycles. The van der Waals surface area contributed by atoms with E-state index in [1.165, 1.54) is 12.1 Å². The summed E-state index contributed by atoms with van der Waals surface area (Å²) in [6.07, 6.45) is 3.09. The minimum Gasteiger partial charge on any atom is -0.317 e. The van der Waals surface area contributed by atoms with Gasteiger partial charge in [-0.3, -0.25) is 0 Å². The zero-order valence-electron chi connectivity index (χ0n) is 9.69. The van der Waals surface area contributed by atoms with Crippen LogP contribution in [0.15, 0.2) is 18.2 Å². The van der Waals surface area contributed by atoms with E-state index in [1.807, 2.05) is 7.05 Å². The number of nitrogens with one attached hydrogen (secondary N) is 1. The van der Waals surface area contributed by atoms with Crippen LogP contribution in [0.3, 0.4) is 0 Å². The maximum absolute atomic E-state index is 13.2. The van der Waals surface area contributed by atoms with Crippen LogP contribution in [0.25, 0.3) is 0 Å². The molecule has 2 atom stereocenters. The monoisotopic (exact) mass is 225 g/mol. The highest BCUT2D eigenvalue weighted by molar-refractivity contribution is 5.27. The average Bonchev–Trinajstić information content (AvgIpc) is 2.66. The van der Waals surface area contributed by atoms with Gasteiger partial charge in [-0.1, -0.05) is 13.0 Å².